The van der Waals surface area contributed by atoms with Crippen molar-refractivity contribution in [1.82, 2.24) is 15.1 Å². The van der Waals surface area contributed by atoms with Gasteiger partial charge in [-0.1, -0.05) is 30.3 Å². The van der Waals surface area contributed by atoms with Gasteiger partial charge in [-0.05, 0) is 29.7 Å². The van der Waals surface area contributed by atoms with Crippen molar-refractivity contribution in [2.24, 2.45) is 7.05 Å². The number of ether oxygens (including phenoxy) is 1. The number of hydrogen-bond donors (Lipinski definition) is 1. The molecule has 2 aromatic carbocycles. The third kappa shape index (κ3) is 3.90. The number of carbonyl (C=O) groups is 2. The summed E-state index contributed by atoms with van der Waals surface area (Å²) in [5, 5.41) is 8.13. The van der Waals surface area contributed by atoms with Crippen LogP contribution in [0.3, 0.4) is 0 Å². The van der Waals surface area contributed by atoms with Gasteiger partial charge in [0, 0.05) is 50.7 Å². The van der Waals surface area contributed by atoms with Gasteiger partial charge in [-0.2, -0.15) is 5.10 Å². The predicted molar refractivity (Wildman–Crippen MR) is 118 cm³/mol. The molecule has 2 heterocycles. The summed E-state index contributed by atoms with van der Waals surface area (Å²) in [7, 11) is 1.85. The molecule has 0 aliphatic carbocycles. The van der Waals surface area contributed by atoms with E-state index in [2.05, 4.69) is 16.3 Å². The molecule has 1 aromatic heterocycles. The number of rotatable bonds is 5. The summed E-state index contributed by atoms with van der Waals surface area (Å²) in [4.78, 5) is 28.0. The molecular formula is C24H24N4O3. The fraction of sp³-hybridized carbons (Fsp3) is 0.292. The summed E-state index contributed by atoms with van der Waals surface area (Å²) in [6, 6.07) is 15.2. The number of hydrogen-bond acceptors (Lipinski definition) is 4. The monoisotopic (exact) mass is 416 g/mol. The van der Waals surface area contributed by atoms with Crippen molar-refractivity contribution in [2.45, 2.75) is 24.9 Å². The highest BCUT2D eigenvalue weighted by Crippen LogP contribution is 2.35. The van der Waals surface area contributed by atoms with Gasteiger partial charge < -0.3 is 10.1 Å². The van der Waals surface area contributed by atoms with Crippen LogP contribution in [0, 0.1) is 12.3 Å². The van der Waals surface area contributed by atoms with Crippen LogP contribution in [0.25, 0.3) is 10.9 Å². The number of fused-ring (bicyclic) bond motifs is 1. The number of anilines is 1. The highest BCUT2D eigenvalue weighted by molar-refractivity contribution is 6.11. The van der Waals surface area contributed by atoms with Gasteiger partial charge in [0.15, 0.2) is 0 Å². The van der Waals surface area contributed by atoms with Gasteiger partial charge >= 0.3 is 5.91 Å². The number of terminal acetylenes is 1. The summed E-state index contributed by atoms with van der Waals surface area (Å²) in [5.41, 5.74) is 1.34. The van der Waals surface area contributed by atoms with Gasteiger partial charge in [0.25, 0.3) is 0 Å². The lowest BCUT2D eigenvalue weighted by atomic mass is 9.85. The first kappa shape index (κ1) is 20.6. The van der Waals surface area contributed by atoms with E-state index in [1.165, 1.54) is 4.90 Å². The molecule has 0 spiro atoms. The Kier molecular flexibility index (Phi) is 5.74. The minimum absolute atomic E-state index is 0.241. The Morgan fingerprint density at radius 3 is 2.68 bits per heavy atom. The van der Waals surface area contributed by atoms with E-state index in [1.807, 2.05) is 49.5 Å². The van der Waals surface area contributed by atoms with Gasteiger partial charge in [0.05, 0.1) is 11.7 Å². The summed E-state index contributed by atoms with van der Waals surface area (Å²) in [5.74, 6) is 1.42. The van der Waals surface area contributed by atoms with Crippen LogP contribution in [0.5, 0.6) is 0 Å². The highest BCUT2D eigenvalue weighted by atomic mass is 16.5. The van der Waals surface area contributed by atoms with Crippen molar-refractivity contribution in [3.05, 3.63) is 60.3 Å². The van der Waals surface area contributed by atoms with E-state index in [9.17, 15) is 9.59 Å². The highest BCUT2D eigenvalue weighted by Gasteiger charge is 2.48. The molecule has 0 atom stereocenters. The lowest BCUT2D eigenvalue weighted by molar-refractivity contribution is -0.133. The molecule has 7 nitrogen and oxygen atoms in total. The quantitative estimate of drug-likeness (QED) is 0.648. The fourth-order valence-electron chi connectivity index (χ4n) is 4.12. The number of nitrogens with one attached hydrogen (secondary N) is 1. The van der Waals surface area contributed by atoms with Crippen LogP contribution in [-0.4, -0.2) is 40.3 Å². The summed E-state index contributed by atoms with van der Waals surface area (Å²) >= 11 is 0. The van der Waals surface area contributed by atoms with Gasteiger partial charge in [0.2, 0.25) is 5.91 Å². The minimum Gasteiger partial charge on any atom is -0.381 e. The molecule has 1 fully saturated rings. The lowest BCUT2D eigenvalue weighted by Gasteiger charge is -2.44. The maximum atomic E-state index is 13.6. The summed E-state index contributed by atoms with van der Waals surface area (Å²) in [6.45, 7) is 1.09. The van der Waals surface area contributed by atoms with Gasteiger partial charge in [-0.25, -0.2) is 0 Å². The molecule has 7 heteroatoms. The van der Waals surface area contributed by atoms with Crippen LogP contribution < -0.4 is 10.2 Å². The zero-order valence-electron chi connectivity index (χ0n) is 17.4. The molecule has 1 aliphatic heterocycles. The Balaban J connectivity index is 1.73. The smallest absolute Gasteiger partial charge is 0.303 e. The molecule has 0 radical (unpaired) electrons. The van der Waals surface area contributed by atoms with Crippen molar-refractivity contribution < 1.29 is 14.3 Å². The summed E-state index contributed by atoms with van der Waals surface area (Å²) in [6.07, 6.45) is 7.97. The second-order valence-corrected chi connectivity index (χ2v) is 7.61. The Bertz CT molecular complexity index is 1140. The van der Waals surface area contributed by atoms with Crippen molar-refractivity contribution in [3.63, 3.8) is 0 Å². The molecule has 3 aromatic rings. The molecule has 1 saturated heterocycles. The summed E-state index contributed by atoms with van der Waals surface area (Å²) < 4.78 is 7.28. The van der Waals surface area contributed by atoms with E-state index >= 15 is 0 Å². The first-order valence-electron chi connectivity index (χ1n) is 10.2. The molecule has 1 aliphatic rings. The number of carbonyl (C=O) groups excluding carboxylic acids is 2. The Labute approximate surface area is 181 Å². The number of nitrogens with zero attached hydrogens (tertiary/aromatic N) is 3. The van der Waals surface area contributed by atoms with E-state index in [-0.39, 0.29) is 5.91 Å². The largest absolute Gasteiger partial charge is 0.381 e. The average molecular weight is 416 g/mol. The normalized spacial score (nSPS) is 15.2. The van der Waals surface area contributed by atoms with E-state index in [0.29, 0.717) is 38.3 Å². The van der Waals surface area contributed by atoms with E-state index in [0.717, 1.165) is 16.5 Å². The standard InChI is InChI=1S/C24H24N4O3/c1-3-22(29)28(20-9-10-21-19(15-20)17-26-27(21)2)24(11-13-31-14-12-24)23(30)25-16-18-7-5-4-6-8-18/h1,4-10,15,17H,11-14,16H2,2H3,(H,25,30). The van der Waals surface area contributed by atoms with E-state index < -0.39 is 11.4 Å². The van der Waals surface area contributed by atoms with Crippen molar-refractivity contribution in [2.75, 3.05) is 18.1 Å². The van der Waals surface area contributed by atoms with Crippen molar-refractivity contribution >= 4 is 28.4 Å². The molecule has 0 saturated carbocycles. The second-order valence-electron chi connectivity index (χ2n) is 7.61. The predicted octanol–water partition coefficient (Wildman–Crippen LogP) is 2.41. The van der Waals surface area contributed by atoms with Crippen molar-refractivity contribution in [1.29, 1.82) is 0 Å². The number of amides is 2. The fourth-order valence-corrected chi connectivity index (χ4v) is 4.12. The van der Waals surface area contributed by atoms with Crippen LogP contribution in [0.2, 0.25) is 0 Å². The molecular weight excluding hydrogens is 392 g/mol. The zero-order valence-corrected chi connectivity index (χ0v) is 17.4. The molecule has 2 amide bonds. The van der Waals surface area contributed by atoms with Crippen LogP contribution in [-0.2, 0) is 27.9 Å². The van der Waals surface area contributed by atoms with Crippen LogP contribution in [0.15, 0.2) is 54.7 Å². The second kappa shape index (κ2) is 8.62. The Morgan fingerprint density at radius 2 is 1.97 bits per heavy atom. The zero-order chi connectivity index (χ0) is 21.8. The van der Waals surface area contributed by atoms with E-state index in [1.54, 1.807) is 16.9 Å². The first-order chi connectivity index (χ1) is 15.0. The molecule has 0 bridgehead atoms. The maximum absolute atomic E-state index is 13.6. The third-order valence-electron chi connectivity index (χ3n) is 5.78. The average Bonchev–Trinajstić information content (AvgIpc) is 3.18. The van der Waals surface area contributed by atoms with E-state index in [4.69, 9.17) is 11.2 Å². The number of aromatic nitrogens is 2. The first-order valence-corrected chi connectivity index (χ1v) is 10.2. The van der Waals surface area contributed by atoms with Crippen LogP contribution in [0.1, 0.15) is 18.4 Å². The van der Waals surface area contributed by atoms with Gasteiger partial charge in [-0.3, -0.25) is 19.2 Å². The molecule has 4 rings (SSSR count). The topological polar surface area (TPSA) is 76.5 Å². The third-order valence-corrected chi connectivity index (χ3v) is 5.78. The SMILES string of the molecule is C#CC(=O)N(c1ccc2c(cnn2C)c1)C1(C(=O)NCc2ccccc2)CCOCC1. The minimum atomic E-state index is -1.13. The number of aryl methyl sites for hydroxylation is 1. The van der Waals surface area contributed by atoms with Crippen LogP contribution in [0.4, 0.5) is 5.69 Å². The Morgan fingerprint density at radius 1 is 1.23 bits per heavy atom. The lowest BCUT2D eigenvalue weighted by Crippen LogP contribution is -2.63. The molecule has 31 heavy (non-hydrogen) atoms. The molecule has 1 N–H and O–H groups in total. The molecule has 0 unspecified atom stereocenters. The maximum Gasteiger partial charge on any atom is 0.303 e. The van der Waals surface area contributed by atoms with Gasteiger partial charge in [-0.15, -0.1) is 6.42 Å². The number of benzene rings is 2. The Hall–Kier alpha value is -3.63. The van der Waals surface area contributed by atoms with Crippen LogP contribution >= 0.6 is 0 Å². The van der Waals surface area contributed by atoms with Gasteiger partial charge in [0.1, 0.15) is 5.54 Å². The van der Waals surface area contributed by atoms with Crippen molar-refractivity contribution in [3.8, 4) is 12.3 Å². The molecule has 158 valence electrons.